The van der Waals surface area contributed by atoms with Crippen molar-refractivity contribution < 1.29 is 13.6 Å². The molecule has 0 bridgehead atoms. The number of nitrogens with zero attached hydrogens (tertiary/aromatic N) is 2. The van der Waals surface area contributed by atoms with Crippen LogP contribution in [0.25, 0.3) is 5.69 Å². The lowest BCUT2D eigenvalue weighted by Gasteiger charge is -2.10. The Morgan fingerprint density at radius 3 is 2.68 bits per heavy atom. The molecule has 1 N–H and O–H groups in total. The first-order valence-electron chi connectivity index (χ1n) is 7.47. The highest BCUT2D eigenvalue weighted by Gasteiger charge is 2.13. The molecule has 128 valence electrons. The summed E-state index contributed by atoms with van der Waals surface area (Å²) in [5.41, 5.74) is 0.881. The van der Waals surface area contributed by atoms with Crippen LogP contribution in [0, 0.1) is 18.6 Å². The molecule has 3 aromatic rings. The number of nitrogens with one attached hydrogen (secondary N) is 1. The second-order valence-electron chi connectivity index (χ2n) is 5.44. The van der Waals surface area contributed by atoms with E-state index >= 15 is 0 Å². The van der Waals surface area contributed by atoms with Crippen LogP contribution in [0.15, 0.2) is 53.3 Å². The Balaban J connectivity index is 1.74. The summed E-state index contributed by atoms with van der Waals surface area (Å²) in [6, 6.07) is 8.78. The zero-order valence-corrected chi connectivity index (χ0v) is 14.8. The Labute approximate surface area is 151 Å². The molecular formula is C18H14BrF2N3O. The van der Waals surface area contributed by atoms with Crippen molar-refractivity contribution in [3.05, 3.63) is 81.9 Å². The number of aryl methyl sites for hydroxylation is 1. The number of carbonyl (C=O) groups excluding carboxylic acids is 1. The van der Waals surface area contributed by atoms with Crippen LogP contribution in [-0.4, -0.2) is 15.5 Å². The van der Waals surface area contributed by atoms with Crippen molar-refractivity contribution >= 4 is 21.8 Å². The standard InChI is InChI=1S/C18H14BrF2N3O/c1-11-22-6-7-24(11)17-5-2-12(8-16(17)21)10-23-18(25)14-9-13(19)3-4-15(14)20/h2-9H,10H2,1H3,(H,23,25). The van der Waals surface area contributed by atoms with Gasteiger partial charge in [-0.05, 0) is 42.8 Å². The van der Waals surface area contributed by atoms with E-state index in [1.807, 2.05) is 0 Å². The van der Waals surface area contributed by atoms with Crippen LogP contribution in [0.1, 0.15) is 21.7 Å². The molecule has 1 heterocycles. The Kier molecular flexibility index (Phi) is 4.94. The van der Waals surface area contributed by atoms with E-state index in [1.54, 1.807) is 36.0 Å². The average molecular weight is 406 g/mol. The van der Waals surface area contributed by atoms with Gasteiger partial charge in [0.25, 0.3) is 5.91 Å². The number of halogens is 3. The second-order valence-corrected chi connectivity index (χ2v) is 6.35. The fraction of sp³-hybridized carbons (Fsp3) is 0.111. The predicted molar refractivity (Wildman–Crippen MR) is 93.5 cm³/mol. The minimum absolute atomic E-state index is 0.0690. The molecule has 3 rings (SSSR count). The Hall–Kier alpha value is -2.54. The summed E-state index contributed by atoms with van der Waals surface area (Å²) in [4.78, 5) is 16.2. The number of hydrogen-bond acceptors (Lipinski definition) is 2. The van der Waals surface area contributed by atoms with E-state index in [2.05, 4.69) is 26.2 Å². The molecule has 4 nitrogen and oxygen atoms in total. The van der Waals surface area contributed by atoms with Gasteiger partial charge in [-0.3, -0.25) is 4.79 Å². The SMILES string of the molecule is Cc1nccn1-c1ccc(CNC(=O)c2cc(Br)ccc2F)cc1F. The number of hydrogen-bond donors (Lipinski definition) is 1. The molecule has 0 fully saturated rings. The largest absolute Gasteiger partial charge is 0.348 e. The van der Waals surface area contributed by atoms with Crippen LogP contribution in [0.4, 0.5) is 8.78 Å². The third kappa shape index (κ3) is 3.76. The van der Waals surface area contributed by atoms with Gasteiger partial charge in [-0.1, -0.05) is 22.0 Å². The number of carbonyl (C=O) groups is 1. The molecule has 2 aromatic carbocycles. The molecule has 0 unspecified atom stereocenters. The quantitative estimate of drug-likeness (QED) is 0.708. The lowest BCUT2D eigenvalue weighted by molar-refractivity contribution is 0.0946. The molecule has 0 radical (unpaired) electrons. The van der Waals surface area contributed by atoms with Gasteiger partial charge in [0.15, 0.2) is 0 Å². The van der Waals surface area contributed by atoms with Crippen molar-refractivity contribution in [2.24, 2.45) is 0 Å². The molecule has 0 saturated carbocycles. The van der Waals surface area contributed by atoms with E-state index in [9.17, 15) is 13.6 Å². The summed E-state index contributed by atoms with van der Waals surface area (Å²) < 4.78 is 30.3. The van der Waals surface area contributed by atoms with E-state index in [0.29, 0.717) is 21.5 Å². The number of imidazole rings is 1. The number of benzene rings is 2. The van der Waals surface area contributed by atoms with Crippen LogP contribution in [0.3, 0.4) is 0 Å². The fourth-order valence-corrected chi connectivity index (χ4v) is 2.80. The topological polar surface area (TPSA) is 46.9 Å². The molecule has 0 aliphatic heterocycles. The Morgan fingerprint density at radius 1 is 1.20 bits per heavy atom. The van der Waals surface area contributed by atoms with Crippen LogP contribution in [0.5, 0.6) is 0 Å². The Bertz CT molecular complexity index is 940. The molecule has 25 heavy (non-hydrogen) atoms. The summed E-state index contributed by atoms with van der Waals surface area (Å²) >= 11 is 3.20. The predicted octanol–water partition coefficient (Wildman–Crippen LogP) is 4.15. The molecular weight excluding hydrogens is 392 g/mol. The highest BCUT2D eigenvalue weighted by atomic mass is 79.9. The van der Waals surface area contributed by atoms with Crippen LogP contribution < -0.4 is 5.32 Å². The summed E-state index contributed by atoms with van der Waals surface area (Å²) in [5.74, 6) is -0.932. The van der Waals surface area contributed by atoms with Crippen molar-refractivity contribution in [1.29, 1.82) is 0 Å². The van der Waals surface area contributed by atoms with Gasteiger partial charge in [-0.15, -0.1) is 0 Å². The maximum atomic E-state index is 14.3. The minimum Gasteiger partial charge on any atom is -0.348 e. The zero-order valence-electron chi connectivity index (χ0n) is 13.3. The highest BCUT2D eigenvalue weighted by molar-refractivity contribution is 9.10. The van der Waals surface area contributed by atoms with Crippen LogP contribution >= 0.6 is 15.9 Å². The molecule has 0 aliphatic carbocycles. The first-order chi connectivity index (χ1) is 12.0. The van der Waals surface area contributed by atoms with Crippen molar-refractivity contribution in [3.8, 4) is 5.69 Å². The van der Waals surface area contributed by atoms with Gasteiger partial charge in [0, 0.05) is 23.4 Å². The lowest BCUT2D eigenvalue weighted by Crippen LogP contribution is -2.24. The van der Waals surface area contributed by atoms with Gasteiger partial charge in [-0.2, -0.15) is 0 Å². The molecule has 0 spiro atoms. The van der Waals surface area contributed by atoms with Crippen LogP contribution in [-0.2, 0) is 6.54 Å². The first kappa shape index (κ1) is 17.3. The van der Waals surface area contributed by atoms with Gasteiger partial charge in [0.2, 0.25) is 0 Å². The van der Waals surface area contributed by atoms with Crippen LogP contribution in [0.2, 0.25) is 0 Å². The van der Waals surface area contributed by atoms with Crippen molar-refractivity contribution in [1.82, 2.24) is 14.9 Å². The molecule has 0 saturated heterocycles. The summed E-state index contributed by atoms with van der Waals surface area (Å²) in [6.45, 7) is 1.87. The highest BCUT2D eigenvalue weighted by Crippen LogP contribution is 2.18. The number of aromatic nitrogens is 2. The van der Waals surface area contributed by atoms with E-state index in [1.165, 1.54) is 24.3 Å². The van der Waals surface area contributed by atoms with E-state index in [0.717, 1.165) is 0 Å². The van der Waals surface area contributed by atoms with Gasteiger partial charge in [0.1, 0.15) is 17.5 Å². The average Bonchev–Trinajstić information content (AvgIpc) is 3.01. The second kappa shape index (κ2) is 7.14. The number of amides is 1. The monoisotopic (exact) mass is 405 g/mol. The normalized spacial score (nSPS) is 10.7. The van der Waals surface area contributed by atoms with Gasteiger partial charge >= 0.3 is 0 Å². The summed E-state index contributed by atoms with van der Waals surface area (Å²) in [5, 5.41) is 2.59. The number of rotatable bonds is 4. The van der Waals surface area contributed by atoms with E-state index in [-0.39, 0.29) is 12.1 Å². The first-order valence-corrected chi connectivity index (χ1v) is 8.27. The minimum atomic E-state index is -0.613. The molecule has 7 heteroatoms. The van der Waals surface area contributed by atoms with Crippen molar-refractivity contribution in [2.75, 3.05) is 0 Å². The van der Waals surface area contributed by atoms with E-state index in [4.69, 9.17) is 0 Å². The third-order valence-corrected chi connectivity index (χ3v) is 4.22. The molecule has 1 aromatic heterocycles. The van der Waals surface area contributed by atoms with Gasteiger partial charge < -0.3 is 9.88 Å². The summed E-state index contributed by atoms with van der Waals surface area (Å²) in [7, 11) is 0. The Morgan fingerprint density at radius 2 is 2.00 bits per heavy atom. The van der Waals surface area contributed by atoms with Gasteiger partial charge in [0.05, 0.1) is 11.3 Å². The fourth-order valence-electron chi connectivity index (χ4n) is 2.44. The smallest absolute Gasteiger partial charge is 0.254 e. The third-order valence-electron chi connectivity index (χ3n) is 3.72. The van der Waals surface area contributed by atoms with Gasteiger partial charge in [-0.25, -0.2) is 13.8 Å². The molecule has 1 amide bonds. The molecule has 0 aliphatic rings. The lowest BCUT2D eigenvalue weighted by atomic mass is 10.1. The maximum absolute atomic E-state index is 14.3. The van der Waals surface area contributed by atoms with E-state index < -0.39 is 17.5 Å². The molecule has 0 atom stereocenters. The summed E-state index contributed by atoms with van der Waals surface area (Å²) in [6.07, 6.45) is 3.26. The van der Waals surface area contributed by atoms with Crippen molar-refractivity contribution in [3.63, 3.8) is 0 Å². The zero-order chi connectivity index (χ0) is 18.0. The maximum Gasteiger partial charge on any atom is 0.254 e. The van der Waals surface area contributed by atoms with Crippen molar-refractivity contribution in [2.45, 2.75) is 13.5 Å².